The summed E-state index contributed by atoms with van der Waals surface area (Å²) in [6.45, 7) is 0.211. The molecule has 0 saturated heterocycles. The molecule has 2 aliphatic heterocycles. The van der Waals surface area contributed by atoms with Crippen LogP contribution in [0.4, 0.5) is 0 Å². The summed E-state index contributed by atoms with van der Waals surface area (Å²) in [6, 6.07) is 45.2. The SMILES string of the molecule is NCc1cc(-c2c3nc(c(-c4ccccc4)c4ccc([nH]4)c(-c4ccccc4)c4nc(c(-c5ccccc5)c5ccc2[nH]5)C=C4)C=C3)ccc1O. The van der Waals surface area contributed by atoms with Crippen molar-refractivity contribution in [2.45, 2.75) is 6.54 Å². The summed E-state index contributed by atoms with van der Waals surface area (Å²) in [5, 5.41) is 10.6. The number of aromatic nitrogens is 4. The van der Waals surface area contributed by atoms with E-state index in [1.165, 1.54) is 0 Å². The van der Waals surface area contributed by atoms with Gasteiger partial charge in [0.15, 0.2) is 0 Å². The lowest BCUT2D eigenvalue weighted by Crippen LogP contribution is -1.97. The van der Waals surface area contributed by atoms with Gasteiger partial charge in [-0.2, -0.15) is 0 Å². The van der Waals surface area contributed by atoms with Crippen LogP contribution in [-0.2, 0) is 6.54 Å². The van der Waals surface area contributed by atoms with Crippen molar-refractivity contribution in [1.29, 1.82) is 0 Å². The van der Waals surface area contributed by atoms with Gasteiger partial charge in [0.25, 0.3) is 0 Å². The molecule has 0 saturated carbocycles. The Balaban J connectivity index is 1.48. The van der Waals surface area contributed by atoms with Crippen molar-refractivity contribution in [3.05, 3.63) is 162 Å². The molecule has 0 unspecified atom stereocenters. The van der Waals surface area contributed by atoms with E-state index in [0.717, 1.165) is 89.4 Å². The molecule has 6 heteroatoms. The minimum absolute atomic E-state index is 0.171. The Kier molecular flexibility index (Phi) is 7.49. The number of hydrogen-bond donors (Lipinski definition) is 4. The van der Waals surface area contributed by atoms with Crippen LogP contribution in [-0.4, -0.2) is 25.0 Å². The number of nitrogens with two attached hydrogens (primary N) is 1. The molecule has 244 valence electrons. The summed E-state index contributed by atoms with van der Waals surface area (Å²) in [5.74, 6) is 0.171. The Bertz CT molecular complexity index is 2630. The van der Waals surface area contributed by atoms with Gasteiger partial charge in [-0.25, -0.2) is 9.97 Å². The van der Waals surface area contributed by atoms with Crippen molar-refractivity contribution in [3.8, 4) is 50.3 Å². The molecule has 0 spiro atoms. The predicted molar refractivity (Wildman–Crippen MR) is 210 cm³/mol. The van der Waals surface area contributed by atoms with Crippen LogP contribution < -0.4 is 5.73 Å². The highest BCUT2D eigenvalue weighted by atomic mass is 16.3. The number of nitrogens with zero attached hydrogens (tertiary/aromatic N) is 2. The number of benzene rings is 4. The number of nitrogens with one attached hydrogen (secondary N) is 2. The third-order valence-corrected chi connectivity index (χ3v) is 9.53. The van der Waals surface area contributed by atoms with Crippen molar-refractivity contribution in [2.24, 2.45) is 5.73 Å². The maximum Gasteiger partial charge on any atom is 0.120 e. The van der Waals surface area contributed by atoms with Crippen LogP contribution in [0.3, 0.4) is 0 Å². The fourth-order valence-corrected chi connectivity index (χ4v) is 7.14. The maximum absolute atomic E-state index is 10.6. The van der Waals surface area contributed by atoms with Gasteiger partial charge in [0, 0.05) is 56.4 Å². The van der Waals surface area contributed by atoms with Crippen LogP contribution in [0.25, 0.3) is 90.9 Å². The lowest BCUT2D eigenvalue weighted by atomic mass is 10.0. The number of rotatable bonds is 5. The summed E-state index contributed by atoms with van der Waals surface area (Å²) in [7, 11) is 0. The molecule has 51 heavy (non-hydrogen) atoms. The van der Waals surface area contributed by atoms with Gasteiger partial charge in [-0.1, -0.05) is 97.1 Å². The Morgan fingerprint density at radius 3 is 1.14 bits per heavy atom. The Morgan fingerprint density at radius 2 is 0.784 bits per heavy atom. The van der Waals surface area contributed by atoms with Crippen LogP contribution in [0, 0.1) is 0 Å². The van der Waals surface area contributed by atoms with Gasteiger partial charge in [-0.15, -0.1) is 0 Å². The van der Waals surface area contributed by atoms with E-state index in [-0.39, 0.29) is 12.3 Å². The molecule has 0 aliphatic carbocycles. The van der Waals surface area contributed by atoms with Gasteiger partial charge in [0.2, 0.25) is 0 Å². The number of hydrogen-bond acceptors (Lipinski definition) is 4. The van der Waals surface area contributed by atoms with E-state index in [1.54, 1.807) is 6.07 Å². The molecular formula is C45H33N5O. The number of H-pyrrole nitrogens is 2. The van der Waals surface area contributed by atoms with Crippen molar-refractivity contribution in [1.82, 2.24) is 19.9 Å². The molecule has 6 nitrogen and oxygen atoms in total. The number of phenols is 1. The number of fused-ring (bicyclic) bond motifs is 8. The largest absolute Gasteiger partial charge is 0.508 e. The normalized spacial score (nSPS) is 12.0. The second-order valence-electron chi connectivity index (χ2n) is 12.6. The van der Waals surface area contributed by atoms with Gasteiger partial charge < -0.3 is 20.8 Å². The monoisotopic (exact) mass is 659 g/mol. The minimum atomic E-state index is 0.171. The molecule has 4 aromatic carbocycles. The molecule has 2 aliphatic rings. The Morgan fingerprint density at radius 1 is 0.431 bits per heavy atom. The van der Waals surface area contributed by atoms with E-state index < -0.39 is 0 Å². The van der Waals surface area contributed by atoms with Crippen molar-refractivity contribution < 1.29 is 5.11 Å². The van der Waals surface area contributed by atoms with Crippen LogP contribution in [0.2, 0.25) is 0 Å². The molecule has 5 heterocycles. The summed E-state index contributed by atoms with van der Waals surface area (Å²) in [6.07, 6.45) is 8.36. The first-order valence-electron chi connectivity index (χ1n) is 17.0. The Hall–Kier alpha value is -6.76. The third kappa shape index (κ3) is 5.44. The Labute approximate surface area is 295 Å². The number of aromatic hydroxyl groups is 1. The van der Waals surface area contributed by atoms with Crippen molar-refractivity contribution in [3.63, 3.8) is 0 Å². The van der Waals surface area contributed by atoms with E-state index in [2.05, 4.69) is 131 Å². The molecular weight excluding hydrogens is 627 g/mol. The highest BCUT2D eigenvalue weighted by molar-refractivity contribution is 5.99. The molecule has 0 fully saturated rings. The fraction of sp³-hybridized carbons (Fsp3) is 0.0222. The third-order valence-electron chi connectivity index (χ3n) is 9.53. The molecule has 0 radical (unpaired) electrons. The second kappa shape index (κ2) is 12.6. The molecule has 0 atom stereocenters. The molecule has 7 aromatic rings. The van der Waals surface area contributed by atoms with Gasteiger partial charge in [-0.3, -0.25) is 0 Å². The van der Waals surface area contributed by atoms with E-state index in [0.29, 0.717) is 5.56 Å². The maximum atomic E-state index is 10.6. The van der Waals surface area contributed by atoms with Crippen LogP contribution in [0.1, 0.15) is 28.3 Å². The topological polar surface area (TPSA) is 104 Å². The lowest BCUT2D eigenvalue weighted by Gasteiger charge is -2.08. The van der Waals surface area contributed by atoms with E-state index in [1.807, 2.05) is 30.3 Å². The predicted octanol–water partition coefficient (Wildman–Crippen LogP) is 10.5. The fourth-order valence-electron chi connectivity index (χ4n) is 7.14. The van der Waals surface area contributed by atoms with Crippen LogP contribution >= 0.6 is 0 Å². The van der Waals surface area contributed by atoms with Crippen LogP contribution in [0.5, 0.6) is 5.75 Å². The molecule has 9 rings (SSSR count). The summed E-state index contributed by atoms with van der Waals surface area (Å²) >= 11 is 0. The van der Waals surface area contributed by atoms with Gasteiger partial charge in [0.1, 0.15) is 5.75 Å². The highest BCUT2D eigenvalue weighted by Crippen LogP contribution is 2.39. The smallest absolute Gasteiger partial charge is 0.120 e. The average molecular weight is 660 g/mol. The van der Waals surface area contributed by atoms with Crippen molar-refractivity contribution in [2.75, 3.05) is 0 Å². The van der Waals surface area contributed by atoms with Gasteiger partial charge in [0.05, 0.1) is 22.8 Å². The lowest BCUT2D eigenvalue weighted by molar-refractivity contribution is 0.468. The molecule has 5 N–H and O–H groups in total. The van der Waals surface area contributed by atoms with Gasteiger partial charge >= 0.3 is 0 Å². The van der Waals surface area contributed by atoms with Crippen molar-refractivity contribution >= 4 is 46.4 Å². The molecule has 8 bridgehead atoms. The highest BCUT2D eigenvalue weighted by Gasteiger charge is 2.19. The van der Waals surface area contributed by atoms with E-state index in [9.17, 15) is 5.11 Å². The molecule has 0 amide bonds. The minimum Gasteiger partial charge on any atom is -0.508 e. The number of phenolic OH excluding ortho intramolecular Hbond substituents is 1. The van der Waals surface area contributed by atoms with E-state index in [4.69, 9.17) is 15.7 Å². The first-order chi connectivity index (χ1) is 25.1. The first kappa shape index (κ1) is 30.3. The van der Waals surface area contributed by atoms with Gasteiger partial charge in [-0.05, 0) is 83.0 Å². The second-order valence-corrected chi connectivity index (χ2v) is 12.6. The summed E-state index contributed by atoms with van der Waals surface area (Å²) in [5.41, 5.74) is 21.8. The van der Waals surface area contributed by atoms with E-state index >= 15 is 0 Å². The standard InChI is InChI=1S/C45H33N5O/c46-27-32-26-31(16-25-41(32)51)45-39-23-21-37(49-39)43(29-12-6-2-7-13-29)35-19-17-33(47-35)42(28-10-4-1-5-11-28)34-18-20-36(48-34)44(30-14-8-3-9-15-30)38-22-24-40(45)50-38/h1-26,47,50-51H,27,46H2. The average Bonchev–Trinajstić information content (AvgIpc) is 4.01. The summed E-state index contributed by atoms with van der Waals surface area (Å²) < 4.78 is 0. The van der Waals surface area contributed by atoms with Crippen LogP contribution in [0.15, 0.2) is 133 Å². The first-order valence-corrected chi connectivity index (χ1v) is 17.0. The zero-order valence-electron chi connectivity index (χ0n) is 27.6. The quantitative estimate of drug-likeness (QED) is 0.148. The number of aromatic amines is 2. The zero-order chi connectivity index (χ0) is 34.3. The zero-order valence-corrected chi connectivity index (χ0v) is 27.6. The molecule has 3 aromatic heterocycles. The summed E-state index contributed by atoms with van der Waals surface area (Å²) in [4.78, 5) is 18.2.